The average molecular weight is 357 g/mol. The zero-order chi connectivity index (χ0) is 19.1. The predicted molar refractivity (Wildman–Crippen MR) is 102 cm³/mol. The highest BCUT2D eigenvalue weighted by Crippen LogP contribution is 2.31. The minimum Gasteiger partial charge on any atom is -0.493 e. The Hall–Kier alpha value is -2.69. The third-order valence-electron chi connectivity index (χ3n) is 4.30. The van der Waals surface area contributed by atoms with E-state index in [-0.39, 0.29) is 11.9 Å². The van der Waals surface area contributed by atoms with Crippen LogP contribution in [0.1, 0.15) is 37.4 Å². The molecule has 0 saturated heterocycles. The Bertz CT molecular complexity index is 745. The van der Waals surface area contributed by atoms with Crippen molar-refractivity contribution < 1.29 is 19.0 Å². The lowest BCUT2D eigenvalue weighted by atomic mass is 10.0. The lowest BCUT2D eigenvalue weighted by molar-refractivity contribution is -0.128. The van der Waals surface area contributed by atoms with Crippen LogP contribution in [0.25, 0.3) is 0 Å². The average Bonchev–Trinajstić information content (AvgIpc) is 2.67. The van der Waals surface area contributed by atoms with Gasteiger partial charge in [-0.2, -0.15) is 0 Å². The highest BCUT2D eigenvalue weighted by atomic mass is 16.5. The Balaban J connectivity index is 2.09. The maximum absolute atomic E-state index is 12.6. The van der Waals surface area contributed by atoms with Crippen LogP contribution < -0.4 is 19.5 Å². The van der Waals surface area contributed by atoms with Crippen molar-refractivity contribution in [1.29, 1.82) is 0 Å². The van der Waals surface area contributed by atoms with Crippen molar-refractivity contribution >= 4 is 5.91 Å². The summed E-state index contributed by atoms with van der Waals surface area (Å²) < 4.78 is 16.4. The van der Waals surface area contributed by atoms with Crippen molar-refractivity contribution in [3.05, 3.63) is 53.6 Å². The van der Waals surface area contributed by atoms with Crippen LogP contribution in [0.5, 0.6) is 17.2 Å². The van der Waals surface area contributed by atoms with E-state index < -0.39 is 6.10 Å². The van der Waals surface area contributed by atoms with Gasteiger partial charge in [-0.3, -0.25) is 4.79 Å². The Morgan fingerprint density at radius 3 is 2.35 bits per heavy atom. The number of carbonyl (C=O) groups is 1. The molecule has 140 valence electrons. The van der Waals surface area contributed by atoms with Crippen LogP contribution in [0.3, 0.4) is 0 Å². The molecule has 0 spiro atoms. The quantitative estimate of drug-likeness (QED) is 0.774. The molecule has 0 aliphatic carbocycles. The zero-order valence-corrected chi connectivity index (χ0v) is 16.0. The first-order valence-electron chi connectivity index (χ1n) is 8.74. The minimum absolute atomic E-state index is 0.134. The molecule has 0 heterocycles. The maximum Gasteiger partial charge on any atom is 0.261 e. The molecule has 5 heteroatoms. The van der Waals surface area contributed by atoms with Crippen molar-refractivity contribution in [3.8, 4) is 17.2 Å². The van der Waals surface area contributed by atoms with Crippen molar-refractivity contribution in [2.24, 2.45) is 0 Å². The normalized spacial score (nSPS) is 12.8. The van der Waals surface area contributed by atoms with E-state index in [0.717, 1.165) is 17.5 Å². The van der Waals surface area contributed by atoms with E-state index >= 15 is 0 Å². The molecule has 2 rings (SSSR count). The largest absolute Gasteiger partial charge is 0.493 e. The Kier molecular flexibility index (Phi) is 6.89. The van der Waals surface area contributed by atoms with Gasteiger partial charge in [0.15, 0.2) is 17.6 Å². The lowest BCUT2D eigenvalue weighted by Gasteiger charge is -2.22. The second-order valence-corrected chi connectivity index (χ2v) is 6.11. The molecule has 0 unspecified atom stereocenters. The van der Waals surface area contributed by atoms with Gasteiger partial charge in [-0.05, 0) is 49.6 Å². The molecule has 0 radical (unpaired) electrons. The number of rotatable bonds is 8. The molecule has 0 aliphatic rings. The molecule has 0 fully saturated rings. The number of ether oxygens (including phenoxy) is 3. The highest BCUT2D eigenvalue weighted by Gasteiger charge is 2.20. The summed E-state index contributed by atoms with van der Waals surface area (Å²) in [5, 5.41) is 3.05. The summed E-state index contributed by atoms with van der Waals surface area (Å²) in [6.07, 6.45) is 0.156. The summed E-state index contributed by atoms with van der Waals surface area (Å²) >= 11 is 0. The van der Waals surface area contributed by atoms with Gasteiger partial charge in [-0.25, -0.2) is 0 Å². The van der Waals surface area contributed by atoms with E-state index in [1.165, 1.54) is 0 Å². The number of aryl methyl sites for hydroxylation is 1. The summed E-state index contributed by atoms with van der Waals surface area (Å²) in [5.41, 5.74) is 1.96. The maximum atomic E-state index is 12.6. The molecule has 1 amide bonds. The van der Waals surface area contributed by atoms with Crippen LogP contribution >= 0.6 is 0 Å². The summed E-state index contributed by atoms with van der Waals surface area (Å²) in [6.45, 7) is 5.73. The first-order valence-corrected chi connectivity index (χ1v) is 8.74. The SMILES string of the molecule is CC[C@H](NC(=O)[C@@H](C)Oc1ccccc1C)c1ccc(OC)c(OC)c1. The number of carbonyl (C=O) groups excluding carboxylic acids is 1. The van der Waals surface area contributed by atoms with E-state index in [1.807, 2.05) is 56.3 Å². The van der Waals surface area contributed by atoms with Gasteiger partial charge in [-0.1, -0.05) is 31.2 Å². The summed E-state index contributed by atoms with van der Waals surface area (Å²) in [7, 11) is 3.19. The van der Waals surface area contributed by atoms with Crippen LogP contribution in [0.4, 0.5) is 0 Å². The molecule has 0 aliphatic heterocycles. The Morgan fingerprint density at radius 1 is 1.04 bits per heavy atom. The monoisotopic (exact) mass is 357 g/mol. The third kappa shape index (κ3) is 4.69. The number of hydrogen-bond donors (Lipinski definition) is 1. The molecule has 26 heavy (non-hydrogen) atoms. The van der Waals surface area contributed by atoms with Crippen LogP contribution in [0.15, 0.2) is 42.5 Å². The first kappa shape index (κ1) is 19.6. The zero-order valence-electron chi connectivity index (χ0n) is 16.0. The van der Waals surface area contributed by atoms with Gasteiger partial charge in [0.2, 0.25) is 0 Å². The van der Waals surface area contributed by atoms with E-state index in [2.05, 4.69) is 5.32 Å². The Labute approximate surface area is 155 Å². The molecule has 0 saturated carbocycles. The minimum atomic E-state index is -0.592. The molecule has 2 aromatic rings. The lowest BCUT2D eigenvalue weighted by Crippen LogP contribution is -2.38. The fourth-order valence-corrected chi connectivity index (χ4v) is 2.71. The number of methoxy groups -OCH3 is 2. The molecular weight excluding hydrogens is 330 g/mol. The van der Waals surface area contributed by atoms with Crippen LogP contribution in [0, 0.1) is 6.92 Å². The van der Waals surface area contributed by atoms with Gasteiger partial charge in [-0.15, -0.1) is 0 Å². The number of nitrogens with one attached hydrogen (secondary N) is 1. The molecule has 0 bridgehead atoms. The van der Waals surface area contributed by atoms with Gasteiger partial charge in [0.1, 0.15) is 5.75 Å². The highest BCUT2D eigenvalue weighted by molar-refractivity contribution is 5.81. The standard InChI is InChI=1S/C21H27NO4/c1-6-17(16-11-12-19(24-4)20(13-16)25-5)22-21(23)15(3)26-18-10-8-7-9-14(18)2/h7-13,15,17H,6H2,1-5H3,(H,22,23)/t15-,17+/m1/s1. The fourth-order valence-electron chi connectivity index (χ4n) is 2.71. The van der Waals surface area contributed by atoms with Gasteiger partial charge in [0.05, 0.1) is 20.3 Å². The summed E-state index contributed by atoms with van der Waals surface area (Å²) in [6, 6.07) is 13.2. The van der Waals surface area contributed by atoms with E-state index in [0.29, 0.717) is 17.2 Å². The predicted octanol–water partition coefficient (Wildman–Crippen LogP) is 4.05. The van der Waals surface area contributed by atoms with Crippen LogP contribution in [-0.2, 0) is 4.79 Å². The molecular formula is C21H27NO4. The third-order valence-corrected chi connectivity index (χ3v) is 4.30. The van der Waals surface area contributed by atoms with Crippen molar-refractivity contribution in [1.82, 2.24) is 5.32 Å². The Morgan fingerprint density at radius 2 is 1.73 bits per heavy atom. The van der Waals surface area contributed by atoms with E-state index in [9.17, 15) is 4.79 Å². The molecule has 5 nitrogen and oxygen atoms in total. The first-order chi connectivity index (χ1) is 12.5. The van der Waals surface area contributed by atoms with Gasteiger partial charge in [0, 0.05) is 0 Å². The van der Waals surface area contributed by atoms with Crippen LogP contribution in [-0.4, -0.2) is 26.2 Å². The summed E-state index contributed by atoms with van der Waals surface area (Å²) in [5.74, 6) is 1.86. The van der Waals surface area contributed by atoms with Crippen LogP contribution in [0.2, 0.25) is 0 Å². The second kappa shape index (κ2) is 9.13. The topological polar surface area (TPSA) is 56.8 Å². The molecule has 2 atom stereocenters. The van der Waals surface area contributed by atoms with E-state index in [1.54, 1.807) is 21.1 Å². The number of para-hydroxylation sites is 1. The van der Waals surface area contributed by atoms with Gasteiger partial charge >= 0.3 is 0 Å². The van der Waals surface area contributed by atoms with Gasteiger partial charge in [0.25, 0.3) is 5.91 Å². The number of benzene rings is 2. The number of amides is 1. The summed E-state index contributed by atoms with van der Waals surface area (Å²) in [4.78, 5) is 12.6. The van der Waals surface area contributed by atoms with Crippen molar-refractivity contribution in [2.75, 3.05) is 14.2 Å². The second-order valence-electron chi connectivity index (χ2n) is 6.11. The van der Waals surface area contributed by atoms with Crippen molar-refractivity contribution in [2.45, 2.75) is 39.3 Å². The number of hydrogen-bond acceptors (Lipinski definition) is 4. The molecule has 2 aromatic carbocycles. The van der Waals surface area contributed by atoms with Crippen molar-refractivity contribution in [3.63, 3.8) is 0 Å². The molecule has 0 aromatic heterocycles. The van der Waals surface area contributed by atoms with Gasteiger partial charge < -0.3 is 19.5 Å². The van der Waals surface area contributed by atoms with E-state index in [4.69, 9.17) is 14.2 Å². The smallest absolute Gasteiger partial charge is 0.261 e. The fraction of sp³-hybridized carbons (Fsp3) is 0.381. The molecule has 1 N–H and O–H groups in total.